The SMILES string of the molecule is CCCOCc1cccc(Nc2nccc(-c3ccc(C(=O)NCN)cc3)n2)c1. The van der Waals surface area contributed by atoms with Crippen LogP contribution in [0.15, 0.2) is 60.8 Å². The molecule has 7 nitrogen and oxygen atoms in total. The number of carbonyl (C=O) groups is 1. The van der Waals surface area contributed by atoms with Gasteiger partial charge in [0.1, 0.15) is 0 Å². The summed E-state index contributed by atoms with van der Waals surface area (Å²) < 4.78 is 5.60. The second-order valence-corrected chi connectivity index (χ2v) is 6.43. The number of amides is 1. The second-order valence-electron chi connectivity index (χ2n) is 6.43. The molecule has 2 aromatic carbocycles. The van der Waals surface area contributed by atoms with Crippen molar-refractivity contribution in [2.24, 2.45) is 5.73 Å². The fourth-order valence-corrected chi connectivity index (χ4v) is 2.77. The molecule has 0 saturated heterocycles. The zero-order valence-corrected chi connectivity index (χ0v) is 16.4. The van der Waals surface area contributed by atoms with Crippen LogP contribution in [0.3, 0.4) is 0 Å². The van der Waals surface area contributed by atoms with E-state index in [4.69, 9.17) is 10.5 Å². The van der Waals surface area contributed by atoms with E-state index in [1.165, 1.54) is 0 Å². The van der Waals surface area contributed by atoms with Gasteiger partial charge in [0.05, 0.1) is 19.0 Å². The summed E-state index contributed by atoms with van der Waals surface area (Å²) in [7, 11) is 0. The Morgan fingerprint density at radius 3 is 2.72 bits per heavy atom. The van der Waals surface area contributed by atoms with Gasteiger partial charge < -0.3 is 21.1 Å². The number of aromatic nitrogens is 2. The maximum Gasteiger partial charge on any atom is 0.252 e. The number of anilines is 2. The molecule has 7 heteroatoms. The van der Waals surface area contributed by atoms with Crippen LogP contribution in [0, 0.1) is 0 Å². The molecule has 150 valence electrons. The normalized spacial score (nSPS) is 10.6. The fraction of sp³-hybridized carbons (Fsp3) is 0.227. The molecular weight excluding hydrogens is 366 g/mol. The Hall–Kier alpha value is -3.29. The van der Waals surface area contributed by atoms with Crippen molar-refractivity contribution in [2.45, 2.75) is 20.0 Å². The molecule has 0 bridgehead atoms. The van der Waals surface area contributed by atoms with Crippen LogP contribution in [0.25, 0.3) is 11.3 Å². The Morgan fingerprint density at radius 2 is 1.97 bits per heavy atom. The number of hydrogen-bond acceptors (Lipinski definition) is 6. The highest BCUT2D eigenvalue weighted by atomic mass is 16.5. The predicted molar refractivity (Wildman–Crippen MR) is 114 cm³/mol. The number of nitrogens with zero attached hydrogens (tertiary/aromatic N) is 2. The molecular formula is C22H25N5O2. The van der Waals surface area contributed by atoms with Crippen LogP contribution in [0.4, 0.5) is 11.6 Å². The van der Waals surface area contributed by atoms with Crippen molar-refractivity contribution in [3.63, 3.8) is 0 Å². The highest BCUT2D eigenvalue weighted by Crippen LogP contribution is 2.21. The van der Waals surface area contributed by atoms with Gasteiger partial charge in [0, 0.05) is 29.6 Å². The van der Waals surface area contributed by atoms with Crippen molar-refractivity contribution in [2.75, 3.05) is 18.6 Å². The molecule has 1 aromatic heterocycles. The quantitative estimate of drug-likeness (QED) is 0.381. The van der Waals surface area contributed by atoms with Gasteiger partial charge in [-0.05, 0) is 42.3 Å². The van der Waals surface area contributed by atoms with Gasteiger partial charge >= 0.3 is 0 Å². The summed E-state index contributed by atoms with van der Waals surface area (Å²) >= 11 is 0. The maximum absolute atomic E-state index is 11.8. The minimum absolute atomic E-state index is 0.105. The topological polar surface area (TPSA) is 102 Å². The first-order valence-electron chi connectivity index (χ1n) is 9.55. The molecule has 3 rings (SSSR count). The van der Waals surface area contributed by atoms with Gasteiger partial charge in [-0.2, -0.15) is 0 Å². The molecule has 1 heterocycles. The molecule has 0 fully saturated rings. The molecule has 0 radical (unpaired) electrons. The Balaban J connectivity index is 1.71. The third-order valence-corrected chi connectivity index (χ3v) is 4.16. The van der Waals surface area contributed by atoms with E-state index in [1.807, 2.05) is 42.5 Å². The first-order chi connectivity index (χ1) is 14.2. The van der Waals surface area contributed by atoms with Crippen molar-refractivity contribution in [3.05, 3.63) is 71.9 Å². The summed E-state index contributed by atoms with van der Waals surface area (Å²) in [4.78, 5) is 20.7. The molecule has 3 aromatic rings. The van der Waals surface area contributed by atoms with E-state index < -0.39 is 0 Å². The van der Waals surface area contributed by atoms with Crippen molar-refractivity contribution in [1.29, 1.82) is 0 Å². The molecule has 0 aliphatic carbocycles. The lowest BCUT2D eigenvalue weighted by Gasteiger charge is -2.09. The van der Waals surface area contributed by atoms with Gasteiger partial charge in [0.2, 0.25) is 5.95 Å². The molecule has 1 amide bonds. The van der Waals surface area contributed by atoms with Crippen molar-refractivity contribution >= 4 is 17.5 Å². The molecule has 29 heavy (non-hydrogen) atoms. The number of ether oxygens (including phenoxy) is 1. The fourth-order valence-electron chi connectivity index (χ4n) is 2.77. The minimum atomic E-state index is -0.202. The van der Waals surface area contributed by atoms with Crippen molar-refractivity contribution < 1.29 is 9.53 Å². The third kappa shape index (κ3) is 5.84. The van der Waals surface area contributed by atoms with Crippen molar-refractivity contribution in [1.82, 2.24) is 15.3 Å². The van der Waals surface area contributed by atoms with E-state index in [2.05, 4.69) is 27.5 Å². The monoisotopic (exact) mass is 391 g/mol. The van der Waals surface area contributed by atoms with Crippen molar-refractivity contribution in [3.8, 4) is 11.3 Å². The summed E-state index contributed by atoms with van der Waals surface area (Å²) in [5, 5.41) is 5.81. The second kappa shape index (κ2) is 10.3. The van der Waals surface area contributed by atoms with Gasteiger partial charge in [-0.15, -0.1) is 0 Å². The summed E-state index contributed by atoms with van der Waals surface area (Å²) in [6, 6.07) is 17.0. The number of rotatable bonds is 9. The summed E-state index contributed by atoms with van der Waals surface area (Å²) in [6.07, 6.45) is 2.70. The zero-order valence-electron chi connectivity index (χ0n) is 16.4. The third-order valence-electron chi connectivity index (χ3n) is 4.16. The number of nitrogens with two attached hydrogens (primary N) is 1. The van der Waals surface area contributed by atoms with Crippen LogP contribution >= 0.6 is 0 Å². The number of benzene rings is 2. The van der Waals surface area contributed by atoms with Crippen LogP contribution in [-0.4, -0.2) is 29.2 Å². The van der Waals surface area contributed by atoms with E-state index in [9.17, 15) is 4.79 Å². The Bertz CT molecular complexity index is 944. The van der Waals surface area contributed by atoms with Gasteiger partial charge in [-0.3, -0.25) is 4.79 Å². The lowest BCUT2D eigenvalue weighted by Crippen LogP contribution is -2.29. The lowest BCUT2D eigenvalue weighted by molar-refractivity contribution is 0.0955. The van der Waals surface area contributed by atoms with Gasteiger partial charge in [-0.25, -0.2) is 9.97 Å². The van der Waals surface area contributed by atoms with Crippen LogP contribution < -0.4 is 16.4 Å². The maximum atomic E-state index is 11.8. The van der Waals surface area contributed by atoms with E-state index in [0.29, 0.717) is 18.1 Å². The Kier molecular flexibility index (Phi) is 7.27. The Labute approximate surface area is 170 Å². The minimum Gasteiger partial charge on any atom is -0.377 e. The summed E-state index contributed by atoms with van der Waals surface area (Å²) in [5.74, 6) is 0.297. The van der Waals surface area contributed by atoms with Crippen LogP contribution in [0.1, 0.15) is 29.3 Å². The number of carbonyl (C=O) groups excluding carboxylic acids is 1. The highest BCUT2D eigenvalue weighted by molar-refractivity contribution is 5.94. The largest absolute Gasteiger partial charge is 0.377 e. The molecule has 0 atom stereocenters. The van der Waals surface area contributed by atoms with E-state index in [-0.39, 0.29) is 12.6 Å². The highest BCUT2D eigenvalue weighted by Gasteiger charge is 2.07. The van der Waals surface area contributed by atoms with E-state index in [0.717, 1.165) is 35.5 Å². The average Bonchev–Trinajstić information content (AvgIpc) is 2.75. The number of hydrogen-bond donors (Lipinski definition) is 3. The van der Waals surface area contributed by atoms with Gasteiger partial charge in [0.25, 0.3) is 5.91 Å². The van der Waals surface area contributed by atoms with Crippen LogP contribution in [0.5, 0.6) is 0 Å². The zero-order chi connectivity index (χ0) is 20.5. The molecule has 0 spiro atoms. The summed E-state index contributed by atoms with van der Waals surface area (Å²) in [6.45, 7) is 3.52. The predicted octanol–water partition coefficient (Wildman–Crippen LogP) is 3.46. The number of nitrogens with one attached hydrogen (secondary N) is 2. The smallest absolute Gasteiger partial charge is 0.252 e. The van der Waals surface area contributed by atoms with Crippen LogP contribution in [-0.2, 0) is 11.3 Å². The van der Waals surface area contributed by atoms with E-state index >= 15 is 0 Å². The lowest BCUT2D eigenvalue weighted by atomic mass is 10.1. The molecule has 0 aliphatic rings. The van der Waals surface area contributed by atoms with E-state index in [1.54, 1.807) is 18.3 Å². The van der Waals surface area contributed by atoms with Gasteiger partial charge in [0.15, 0.2) is 0 Å². The average molecular weight is 391 g/mol. The molecule has 0 unspecified atom stereocenters. The molecule has 0 aliphatic heterocycles. The van der Waals surface area contributed by atoms with Gasteiger partial charge in [-0.1, -0.05) is 31.2 Å². The standard InChI is InChI=1S/C22H25N5O2/c1-2-12-29-14-16-4-3-5-19(13-16)26-22-24-11-10-20(27-22)17-6-8-18(9-7-17)21(28)25-15-23/h3-11,13H,2,12,14-15,23H2,1H3,(H,25,28)(H,24,26,27). The Morgan fingerprint density at radius 1 is 1.14 bits per heavy atom. The summed E-state index contributed by atoms with van der Waals surface area (Å²) in [5.41, 5.74) is 9.53. The molecule has 4 N–H and O–H groups in total. The van der Waals surface area contributed by atoms with Crippen LogP contribution in [0.2, 0.25) is 0 Å². The molecule has 0 saturated carbocycles. The first-order valence-corrected chi connectivity index (χ1v) is 9.55. The first kappa shape index (κ1) is 20.4.